The molecule has 4 rings (SSSR count). The normalized spacial score (nSPS) is 21.7. The topological polar surface area (TPSA) is 72.1 Å². The summed E-state index contributed by atoms with van der Waals surface area (Å²) in [5.41, 5.74) is 8.64. The van der Waals surface area contributed by atoms with Gasteiger partial charge in [-0.2, -0.15) is 0 Å². The van der Waals surface area contributed by atoms with Crippen LogP contribution in [-0.4, -0.2) is 50.3 Å². The first-order valence-corrected chi connectivity index (χ1v) is 10.8. The van der Waals surface area contributed by atoms with E-state index in [-0.39, 0.29) is 24.1 Å². The van der Waals surface area contributed by atoms with E-state index in [1.807, 2.05) is 35.2 Å². The summed E-state index contributed by atoms with van der Waals surface area (Å²) in [5.74, 6) is 2.54. The molecule has 2 unspecified atom stereocenters. The Labute approximate surface area is 183 Å². The van der Waals surface area contributed by atoms with E-state index >= 15 is 0 Å². The monoisotopic (exact) mass is 425 g/mol. The number of likely N-dealkylation sites (tertiary alicyclic amines) is 1. The molecule has 2 atom stereocenters. The lowest BCUT2D eigenvalue weighted by Gasteiger charge is -2.33. The smallest absolute Gasteiger partial charge is 0.241 e. The lowest BCUT2D eigenvalue weighted by atomic mass is 9.99. The highest BCUT2D eigenvalue weighted by Gasteiger charge is 2.35. The Morgan fingerprint density at radius 1 is 1.00 bits per heavy atom. The number of nitrogens with one attached hydrogen (secondary N) is 2. The first-order valence-electron chi connectivity index (χ1n) is 10.8. The molecule has 2 aromatic rings. The van der Waals surface area contributed by atoms with Crippen molar-refractivity contribution in [3.05, 3.63) is 53.6 Å². The maximum Gasteiger partial charge on any atom is 0.241 e. The van der Waals surface area contributed by atoms with Gasteiger partial charge in [-0.05, 0) is 37.1 Å². The van der Waals surface area contributed by atoms with Gasteiger partial charge in [0.15, 0.2) is 0 Å². The van der Waals surface area contributed by atoms with Crippen molar-refractivity contribution >= 4 is 5.91 Å². The quantitative estimate of drug-likeness (QED) is 0.742. The summed E-state index contributed by atoms with van der Waals surface area (Å²) >= 11 is 0. The minimum Gasteiger partial charge on any atom is -0.497 e. The highest BCUT2D eigenvalue weighted by Crippen LogP contribution is 2.33. The minimum atomic E-state index is -0.258. The van der Waals surface area contributed by atoms with Crippen LogP contribution in [0.4, 0.5) is 0 Å². The average Bonchev–Trinajstić information content (AvgIpc) is 3.28. The molecule has 0 aliphatic carbocycles. The number of hydrazine groups is 1. The van der Waals surface area contributed by atoms with Crippen LogP contribution >= 0.6 is 0 Å². The van der Waals surface area contributed by atoms with Crippen molar-refractivity contribution in [1.29, 1.82) is 0 Å². The predicted octanol–water partition coefficient (Wildman–Crippen LogP) is 2.99. The van der Waals surface area contributed by atoms with Crippen molar-refractivity contribution in [3.63, 3.8) is 0 Å². The number of nitrogens with zero attached hydrogens (tertiary/aromatic N) is 1. The van der Waals surface area contributed by atoms with Gasteiger partial charge in [0, 0.05) is 37.6 Å². The lowest BCUT2D eigenvalue weighted by Crippen LogP contribution is -2.49. The van der Waals surface area contributed by atoms with Crippen molar-refractivity contribution < 1.29 is 19.0 Å². The Balaban J connectivity index is 1.31. The Morgan fingerprint density at radius 3 is 2.52 bits per heavy atom. The van der Waals surface area contributed by atoms with E-state index < -0.39 is 0 Å². The van der Waals surface area contributed by atoms with Gasteiger partial charge >= 0.3 is 0 Å². The molecule has 1 amide bonds. The van der Waals surface area contributed by atoms with Crippen molar-refractivity contribution in [1.82, 2.24) is 15.8 Å². The standard InChI is InChI=1S/C24H31N3O4/c1-16-5-4-6-19(13-16)31-17-9-11-27(12-10-17)24(28)22-15-21(25-26-22)20-8-7-18(29-2)14-23(20)30-3/h4-8,13-14,17,21-22,25-26H,9-12,15H2,1-3H3. The molecule has 0 radical (unpaired) electrons. The third kappa shape index (κ3) is 4.94. The second-order valence-corrected chi connectivity index (χ2v) is 8.20. The van der Waals surface area contributed by atoms with Gasteiger partial charge in [-0.25, -0.2) is 10.9 Å². The van der Waals surface area contributed by atoms with Crippen LogP contribution < -0.4 is 25.1 Å². The number of rotatable bonds is 6. The van der Waals surface area contributed by atoms with E-state index in [9.17, 15) is 4.79 Å². The third-order valence-corrected chi connectivity index (χ3v) is 6.06. The molecular formula is C24H31N3O4. The Morgan fingerprint density at radius 2 is 1.81 bits per heavy atom. The number of ether oxygens (including phenoxy) is 3. The number of benzene rings is 2. The van der Waals surface area contributed by atoms with Gasteiger partial charge in [0.1, 0.15) is 29.4 Å². The number of hydrogen-bond donors (Lipinski definition) is 2. The molecule has 0 bridgehead atoms. The molecule has 2 fully saturated rings. The maximum absolute atomic E-state index is 13.1. The number of carbonyl (C=O) groups excluding carboxylic acids is 1. The fraction of sp³-hybridized carbons (Fsp3) is 0.458. The van der Waals surface area contributed by atoms with Crippen molar-refractivity contribution in [2.24, 2.45) is 0 Å². The average molecular weight is 426 g/mol. The highest BCUT2D eigenvalue weighted by molar-refractivity contribution is 5.82. The van der Waals surface area contributed by atoms with Crippen LogP contribution in [0.5, 0.6) is 17.2 Å². The molecule has 0 aromatic heterocycles. The van der Waals surface area contributed by atoms with E-state index in [1.165, 1.54) is 5.56 Å². The summed E-state index contributed by atoms with van der Waals surface area (Å²) in [6, 6.07) is 13.6. The van der Waals surface area contributed by atoms with Crippen molar-refractivity contribution in [2.45, 2.75) is 44.4 Å². The summed E-state index contributed by atoms with van der Waals surface area (Å²) in [7, 11) is 3.28. The largest absolute Gasteiger partial charge is 0.497 e. The second-order valence-electron chi connectivity index (χ2n) is 8.20. The van der Waals surface area contributed by atoms with Crippen LogP contribution in [-0.2, 0) is 4.79 Å². The van der Waals surface area contributed by atoms with Crippen molar-refractivity contribution in [2.75, 3.05) is 27.3 Å². The van der Waals surface area contributed by atoms with Crippen LogP contribution in [0.2, 0.25) is 0 Å². The molecule has 166 valence electrons. The molecule has 2 N–H and O–H groups in total. The number of amides is 1. The Bertz CT molecular complexity index is 911. The van der Waals surface area contributed by atoms with E-state index in [0.29, 0.717) is 19.5 Å². The zero-order valence-corrected chi connectivity index (χ0v) is 18.4. The van der Waals surface area contributed by atoms with Gasteiger partial charge in [0.2, 0.25) is 5.91 Å². The number of hydrogen-bond acceptors (Lipinski definition) is 6. The van der Waals surface area contributed by atoms with Gasteiger partial charge < -0.3 is 19.1 Å². The molecule has 2 heterocycles. The zero-order chi connectivity index (χ0) is 21.8. The Kier molecular flexibility index (Phi) is 6.63. The Hall–Kier alpha value is -2.77. The van der Waals surface area contributed by atoms with Crippen LogP contribution in [0.1, 0.15) is 36.4 Å². The molecule has 2 aliphatic heterocycles. The van der Waals surface area contributed by atoms with Gasteiger partial charge in [0.05, 0.1) is 20.3 Å². The molecule has 7 nitrogen and oxygen atoms in total. The van der Waals surface area contributed by atoms with Gasteiger partial charge in [0.25, 0.3) is 0 Å². The van der Waals surface area contributed by atoms with E-state index in [1.54, 1.807) is 14.2 Å². The van der Waals surface area contributed by atoms with Crippen LogP contribution in [0, 0.1) is 6.92 Å². The number of piperidine rings is 1. The van der Waals surface area contributed by atoms with E-state index in [0.717, 1.165) is 35.7 Å². The molecule has 2 aromatic carbocycles. The third-order valence-electron chi connectivity index (χ3n) is 6.06. The zero-order valence-electron chi connectivity index (χ0n) is 18.4. The van der Waals surface area contributed by atoms with Crippen LogP contribution in [0.25, 0.3) is 0 Å². The summed E-state index contributed by atoms with van der Waals surface area (Å²) in [4.78, 5) is 15.0. The lowest BCUT2D eigenvalue weighted by molar-refractivity contribution is -0.135. The summed E-state index contributed by atoms with van der Waals surface area (Å²) in [5, 5.41) is 0. The van der Waals surface area contributed by atoms with Crippen molar-refractivity contribution in [3.8, 4) is 17.2 Å². The molecule has 2 saturated heterocycles. The summed E-state index contributed by atoms with van der Waals surface area (Å²) in [6.45, 7) is 3.49. The minimum absolute atomic E-state index is 0.00278. The van der Waals surface area contributed by atoms with Gasteiger partial charge in [-0.1, -0.05) is 18.2 Å². The van der Waals surface area contributed by atoms with Crippen LogP contribution in [0.15, 0.2) is 42.5 Å². The molecule has 0 saturated carbocycles. The molecule has 7 heteroatoms. The van der Waals surface area contributed by atoms with E-state index in [2.05, 4.69) is 29.9 Å². The van der Waals surface area contributed by atoms with Gasteiger partial charge in [-0.3, -0.25) is 4.79 Å². The SMILES string of the molecule is COc1ccc(C2CC(C(=O)N3CCC(Oc4cccc(C)c4)CC3)NN2)c(OC)c1. The fourth-order valence-electron chi connectivity index (χ4n) is 4.32. The number of methoxy groups -OCH3 is 2. The summed E-state index contributed by atoms with van der Waals surface area (Å²) in [6.07, 6.45) is 2.50. The van der Waals surface area contributed by atoms with Crippen LogP contribution in [0.3, 0.4) is 0 Å². The molecular weight excluding hydrogens is 394 g/mol. The first-order chi connectivity index (χ1) is 15.1. The maximum atomic E-state index is 13.1. The molecule has 0 spiro atoms. The fourth-order valence-corrected chi connectivity index (χ4v) is 4.32. The highest BCUT2D eigenvalue weighted by atomic mass is 16.5. The molecule has 2 aliphatic rings. The second kappa shape index (κ2) is 9.58. The predicted molar refractivity (Wildman–Crippen MR) is 118 cm³/mol. The van der Waals surface area contributed by atoms with Gasteiger partial charge in [-0.15, -0.1) is 0 Å². The first kappa shape index (κ1) is 21.5. The number of carbonyl (C=O) groups is 1. The van der Waals surface area contributed by atoms with E-state index in [4.69, 9.17) is 14.2 Å². The number of aryl methyl sites for hydroxylation is 1. The summed E-state index contributed by atoms with van der Waals surface area (Å²) < 4.78 is 16.9. The molecule has 31 heavy (non-hydrogen) atoms.